The Labute approximate surface area is 121 Å². The van der Waals surface area contributed by atoms with Gasteiger partial charge in [-0.1, -0.05) is 6.08 Å². The number of aromatic nitrogens is 2. The van der Waals surface area contributed by atoms with Gasteiger partial charge in [0, 0.05) is 18.9 Å². The molecule has 0 aliphatic carbocycles. The van der Waals surface area contributed by atoms with Gasteiger partial charge in [0.2, 0.25) is 0 Å². The molecule has 0 spiro atoms. The van der Waals surface area contributed by atoms with Crippen molar-refractivity contribution in [2.45, 2.75) is 13.0 Å². The molecule has 0 aliphatic heterocycles. The fourth-order valence-corrected chi connectivity index (χ4v) is 1.69. The third kappa shape index (κ3) is 3.62. The Hall–Kier alpha value is -2.76. The van der Waals surface area contributed by atoms with E-state index >= 15 is 0 Å². The molecule has 0 unspecified atom stereocenters. The van der Waals surface area contributed by atoms with Crippen LogP contribution in [0.5, 0.6) is 0 Å². The molecule has 1 aromatic carbocycles. The number of hydrogen-bond acceptors (Lipinski definition) is 5. The minimum atomic E-state index is -0.880. The highest BCUT2D eigenvalue weighted by molar-refractivity contribution is 5.95. The Kier molecular flexibility index (Phi) is 4.61. The number of ether oxygens (including phenoxy) is 1. The molecular formula is C15H15N3O3. The predicted molar refractivity (Wildman–Crippen MR) is 77.6 cm³/mol. The predicted octanol–water partition coefficient (Wildman–Crippen LogP) is 1.48. The fourth-order valence-electron chi connectivity index (χ4n) is 1.69. The van der Waals surface area contributed by atoms with Crippen molar-refractivity contribution in [3.63, 3.8) is 0 Å². The second kappa shape index (κ2) is 6.60. The van der Waals surface area contributed by atoms with E-state index in [9.17, 15) is 9.59 Å². The van der Waals surface area contributed by atoms with Gasteiger partial charge in [0.1, 0.15) is 0 Å². The van der Waals surface area contributed by atoms with Gasteiger partial charge in [0.15, 0.2) is 6.10 Å². The summed E-state index contributed by atoms with van der Waals surface area (Å²) in [6, 6.07) is 4.86. The molecule has 1 heterocycles. The van der Waals surface area contributed by atoms with E-state index in [1.54, 1.807) is 36.7 Å². The average Bonchev–Trinajstić information content (AvgIpc) is 2.51. The first-order valence-corrected chi connectivity index (χ1v) is 6.42. The number of carbonyl (C=O) groups excluding carboxylic acids is 2. The van der Waals surface area contributed by atoms with Crippen molar-refractivity contribution in [3.05, 3.63) is 48.8 Å². The van der Waals surface area contributed by atoms with Crippen molar-refractivity contribution in [1.82, 2.24) is 15.3 Å². The number of hydrogen-bond donors (Lipinski definition) is 1. The molecule has 6 nitrogen and oxygen atoms in total. The van der Waals surface area contributed by atoms with E-state index in [1.807, 2.05) is 0 Å². The van der Waals surface area contributed by atoms with Crippen LogP contribution in [0.2, 0.25) is 0 Å². The molecule has 2 aromatic rings. The molecule has 1 aromatic heterocycles. The van der Waals surface area contributed by atoms with Crippen LogP contribution in [0.4, 0.5) is 0 Å². The molecule has 0 aliphatic rings. The maximum atomic E-state index is 12.0. The summed E-state index contributed by atoms with van der Waals surface area (Å²) in [6.45, 7) is 5.33. The first kappa shape index (κ1) is 14.6. The summed E-state index contributed by atoms with van der Waals surface area (Å²) < 4.78 is 5.11. The monoisotopic (exact) mass is 285 g/mol. The van der Waals surface area contributed by atoms with Gasteiger partial charge in [-0.25, -0.2) is 4.79 Å². The Bertz CT molecular complexity index is 685. The summed E-state index contributed by atoms with van der Waals surface area (Å²) in [7, 11) is 0. The molecule has 108 valence electrons. The summed E-state index contributed by atoms with van der Waals surface area (Å²) in [5.74, 6) is -0.951. The molecule has 0 saturated carbocycles. The third-order valence-corrected chi connectivity index (χ3v) is 2.78. The highest BCUT2D eigenvalue weighted by Crippen LogP contribution is 2.12. The lowest BCUT2D eigenvalue weighted by atomic mass is 10.2. The molecule has 0 saturated heterocycles. The molecule has 1 atom stereocenters. The van der Waals surface area contributed by atoms with Crippen LogP contribution in [0.1, 0.15) is 17.3 Å². The number of esters is 1. The van der Waals surface area contributed by atoms with Crippen LogP contribution in [-0.2, 0) is 9.53 Å². The number of fused-ring (bicyclic) bond motifs is 1. The lowest BCUT2D eigenvalue weighted by molar-refractivity contribution is -0.128. The Balaban J connectivity index is 2.07. The average molecular weight is 285 g/mol. The summed E-state index contributed by atoms with van der Waals surface area (Å²) in [4.78, 5) is 31.9. The molecule has 21 heavy (non-hydrogen) atoms. The highest BCUT2D eigenvalue weighted by atomic mass is 16.5. The standard InChI is InChI=1S/C15H15N3O3/c1-3-6-18-14(19)10(2)21-15(20)11-4-5-12-13(9-11)17-8-7-16-12/h3-5,7-10H,1,6H2,2H3,(H,18,19)/t10-/m0/s1. The van der Waals surface area contributed by atoms with Gasteiger partial charge in [-0.15, -0.1) is 6.58 Å². The number of nitrogens with one attached hydrogen (secondary N) is 1. The van der Waals surface area contributed by atoms with E-state index in [2.05, 4.69) is 21.9 Å². The normalized spacial score (nSPS) is 11.7. The lowest BCUT2D eigenvalue weighted by Gasteiger charge is -2.12. The molecule has 0 fully saturated rings. The second-order valence-electron chi connectivity index (χ2n) is 4.34. The van der Waals surface area contributed by atoms with Crippen molar-refractivity contribution in [2.75, 3.05) is 6.54 Å². The van der Waals surface area contributed by atoms with Gasteiger partial charge in [-0.05, 0) is 25.1 Å². The van der Waals surface area contributed by atoms with E-state index in [1.165, 1.54) is 6.92 Å². The van der Waals surface area contributed by atoms with E-state index in [0.29, 0.717) is 23.1 Å². The Morgan fingerprint density at radius 2 is 2.05 bits per heavy atom. The van der Waals surface area contributed by atoms with Crippen molar-refractivity contribution in [2.24, 2.45) is 0 Å². The number of rotatable bonds is 5. The van der Waals surface area contributed by atoms with E-state index in [-0.39, 0.29) is 5.91 Å². The molecule has 0 bridgehead atoms. The van der Waals surface area contributed by atoms with Crippen molar-refractivity contribution < 1.29 is 14.3 Å². The zero-order valence-corrected chi connectivity index (χ0v) is 11.6. The molecule has 0 radical (unpaired) electrons. The first-order chi connectivity index (χ1) is 10.1. The van der Waals surface area contributed by atoms with Gasteiger partial charge in [0.25, 0.3) is 5.91 Å². The zero-order valence-electron chi connectivity index (χ0n) is 11.6. The molecule has 1 amide bonds. The maximum Gasteiger partial charge on any atom is 0.338 e. The third-order valence-electron chi connectivity index (χ3n) is 2.78. The smallest absolute Gasteiger partial charge is 0.338 e. The van der Waals surface area contributed by atoms with Gasteiger partial charge < -0.3 is 10.1 Å². The van der Waals surface area contributed by atoms with Gasteiger partial charge in [-0.2, -0.15) is 0 Å². The van der Waals surface area contributed by atoms with Crippen LogP contribution in [0.3, 0.4) is 0 Å². The Morgan fingerprint density at radius 1 is 1.33 bits per heavy atom. The van der Waals surface area contributed by atoms with E-state index in [4.69, 9.17) is 4.74 Å². The largest absolute Gasteiger partial charge is 0.449 e. The van der Waals surface area contributed by atoms with Crippen LogP contribution >= 0.6 is 0 Å². The van der Waals surface area contributed by atoms with Gasteiger partial charge in [0.05, 0.1) is 16.6 Å². The minimum absolute atomic E-state index is 0.325. The summed E-state index contributed by atoms with van der Waals surface area (Å²) in [6.07, 6.45) is 3.79. The van der Waals surface area contributed by atoms with Gasteiger partial charge in [-0.3, -0.25) is 14.8 Å². The van der Waals surface area contributed by atoms with Crippen LogP contribution in [0.25, 0.3) is 11.0 Å². The number of carbonyl (C=O) groups is 2. The summed E-state index contributed by atoms with van der Waals surface area (Å²) >= 11 is 0. The first-order valence-electron chi connectivity index (χ1n) is 6.42. The summed E-state index contributed by atoms with van der Waals surface area (Å²) in [5.41, 5.74) is 1.60. The number of amides is 1. The number of nitrogens with zero attached hydrogens (tertiary/aromatic N) is 2. The van der Waals surface area contributed by atoms with Crippen LogP contribution in [-0.4, -0.2) is 34.5 Å². The minimum Gasteiger partial charge on any atom is -0.449 e. The van der Waals surface area contributed by atoms with Gasteiger partial charge >= 0.3 is 5.97 Å². The van der Waals surface area contributed by atoms with Crippen LogP contribution in [0.15, 0.2) is 43.2 Å². The zero-order chi connectivity index (χ0) is 15.2. The fraction of sp³-hybridized carbons (Fsp3) is 0.200. The van der Waals surface area contributed by atoms with Crippen LogP contribution in [0, 0.1) is 0 Å². The number of benzene rings is 1. The topological polar surface area (TPSA) is 81.2 Å². The SMILES string of the molecule is C=CCNC(=O)[C@H](C)OC(=O)c1ccc2nccnc2c1. The van der Waals surface area contributed by atoms with E-state index in [0.717, 1.165) is 0 Å². The molecule has 1 N–H and O–H groups in total. The van der Waals surface area contributed by atoms with E-state index < -0.39 is 12.1 Å². The lowest BCUT2D eigenvalue weighted by Crippen LogP contribution is -2.35. The quantitative estimate of drug-likeness (QED) is 0.664. The summed E-state index contributed by atoms with van der Waals surface area (Å²) in [5, 5.41) is 2.56. The second-order valence-corrected chi connectivity index (χ2v) is 4.34. The van der Waals surface area contributed by atoms with Crippen LogP contribution < -0.4 is 5.32 Å². The van der Waals surface area contributed by atoms with Crippen molar-refractivity contribution in [3.8, 4) is 0 Å². The molecule has 2 rings (SSSR count). The Morgan fingerprint density at radius 3 is 2.76 bits per heavy atom. The maximum absolute atomic E-state index is 12.0. The van der Waals surface area contributed by atoms with Crippen molar-refractivity contribution in [1.29, 1.82) is 0 Å². The highest BCUT2D eigenvalue weighted by Gasteiger charge is 2.18. The van der Waals surface area contributed by atoms with Crippen molar-refractivity contribution >= 4 is 22.9 Å². The molecule has 6 heteroatoms. The molecular weight excluding hydrogens is 270 g/mol.